The number of likely N-dealkylation sites (N-methyl/N-ethyl adjacent to an activating group) is 1. The number of ether oxygens (including phenoxy) is 1. The first-order valence-corrected chi connectivity index (χ1v) is 12.4. The molecule has 0 saturated carbocycles. The highest BCUT2D eigenvalue weighted by Crippen LogP contribution is 2.24. The Balaban J connectivity index is 1.45. The molecule has 0 aliphatic carbocycles. The molecule has 10 heteroatoms. The normalized spacial score (nSPS) is 14.7. The maximum Gasteiger partial charge on any atom is 0.220 e. The zero-order valence-electron chi connectivity index (χ0n) is 21.2. The molecule has 0 bridgehead atoms. The minimum atomic E-state index is -0.0360. The van der Waals surface area contributed by atoms with Crippen LogP contribution in [-0.2, 0) is 9.53 Å². The zero-order valence-corrected chi connectivity index (χ0v) is 21.2. The number of rotatable bonds is 13. The maximum atomic E-state index is 11.8. The van der Waals surface area contributed by atoms with Crippen LogP contribution in [0.4, 0.5) is 5.69 Å². The van der Waals surface area contributed by atoms with Gasteiger partial charge < -0.3 is 24.8 Å². The predicted octanol–water partition coefficient (Wildman–Crippen LogP) is 4.40. The van der Waals surface area contributed by atoms with E-state index in [1.807, 2.05) is 25.2 Å². The summed E-state index contributed by atoms with van der Waals surface area (Å²) < 4.78 is 5.79. The van der Waals surface area contributed by atoms with Crippen LogP contribution < -0.4 is 10.2 Å². The van der Waals surface area contributed by atoms with Gasteiger partial charge in [0.2, 0.25) is 5.91 Å². The third kappa shape index (κ3) is 8.18. The Labute approximate surface area is 212 Å². The summed E-state index contributed by atoms with van der Waals surface area (Å²) in [4.78, 5) is 27.3. The Morgan fingerprint density at radius 2 is 2.11 bits per heavy atom. The molecule has 1 saturated heterocycles. The molecule has 1 aromatic heterocycles. The van der Waals surface area contributed by atoms with Gasteiger partial charge in [-0.1, -0.05) is 11.7 Å². The lowest BCUT2D eigenvalue weighted by atomic mass is 10.2. The monoisotopic (exact) mass is 492 g/mol. The van der Waals surface area contributed by atoms with Crippen LogP contribution in [-0.4, -0.2) is 73.7 Å². The number of anilines is 1. The van der Waals surface area contributed by atoms with Crippen molar-refractivity contribution < 1.29 is 9.53 Å². The van der Waals surface area contributed by atoms with Crippen LogP contribution in [0.5, 0.6) is 0 Å². The van der Waals surface area contributed by atoms with Gasteiger partial charge >= 0.3 is 0 Å². The second-order valence-electron chi connectivity index (χ2n) is 8.74. The number of benzene rings is 1. The summed E-state index contributed by atoms with van der Waals surface area (Å²) in [5, 5.41) is 6.24. The van der Waals surface area contributed by atoms with Crippen molar-refractivity contribution in [3.8, 4) is 0 Å². The number of azide groups is 1. The lowest BCUT2D eigenvalue weighted by Gasteiger charge is -2.34. The van der Waals surface area contributed by atoms with Crippen molar-refractivity contribution in [2.24, 2.45) is 5.11 Å². The van der Waals surface area contributed by atoms with Crippen LogP contribution in [0.25, 0.3) is 27.0 Å². The highest BCUT2D eigenvalue weighted by atomic mass is 16.5. The molecule has 0 atom stereocenters. The van der Waals surface area contributed by atoms with Gasteiger partial charge in [-0.05, 0) is 68.8 Å². The van der Waals surface area contributed by atoms with Crippen molar-refractivity contribution in [2.45, 2.75) is 26.2 Å². The Morgan fingerprint density at radius 3 is 2.86 bits per heavy atom. The summed E-state index contributed by atoms with van der Waals surface area (Å²) >= 11 is 0. The van der Waals surface area contributed by atoms with Gasteiger partial charge in [0.05, 0.1) is 17.6 Å². The van der Waals surface area contributed by atoms with Crippen LogP contribution in [0.1, 0.15) is 32.0 Å². The van der Waals surface area contributed by atoms with Crippen LogP contribution in [0.15, 0.2) is 53.9 Å². The van der Waals surface area contributed by atoms with Gasteiger partial charge in [-0.2, -0.15) is 0 Å². The van der Waals surface area contributed by atoms with Gasteiger partial charge in [-0.15, -0.1) is 0 Å². The molecule has 0 spiro atoms. The molecule has 10 nitrogen and oxygen atoms in total. The second-order valence-corrected chi connectivity index (χ2v) is 8.74. The fourth-order valence-electron chi connectivity index (χ4n) is 3.83. The fraction of sp³-hybridized carbons (Fsp3) is 0.462. The van der Waals surface area contributed by atoms with Crippen molar-refractivity contribution in [2.75, 3.05) is 57.8 Å². The molecule has 1 aromatic carbocycles. The van der Waals surface area contributed by atoms with E-state index in [9.17, 15) is 4.79 Å². The van der Waals surface area contributed by atoms with E-state index in [4.69, 9.17) is 10.3 Å². The van der Waals surface area contributed by atoms with Gasteiger partial charge in [0, 0.05) is 61.9 Å². The average molecular weight is 493 g/mol. The van der Waals surface area contributed by atoms with Gasteiger partial charge in [-0.3, -0.25) is 4.79 Å². The molecule has 3 rings (SSSR count). The number of hydrogen-bond donors (Lipinski definition) is 2. The molecular formula is C26H36N8O2. The summed E-state index contributed by atoms with van der Waals surface area (Å²) in [5.74, 6) is 1.40. The number of nitrogens with one attached hydrogen (secondary N) is 2. The molecule has 2 heterocycles. The maximum absolute atomic E-state index is 11.8. The van der Waals surface area contributed by atoms with Crippen molar-refractivity contribution in [1.29, 1.82) is 0 Å². The van der Waals surface area contributed by atoms with Crippen LogP contribution in [0.2, 0.25) is 0 Å². The zero-order chi connectivity index (χ0) is 25.8. The summed E-state index contributed by atoms with van der Waals surface area (Å²) in [6.07, 6.45) is 7.23. The summed E-state index contributed by atoms with van der Waals surface area (Å²) in [6.45, 7) is 11.6. The van der Waals surface area contributed by atoms with Crippen molar-refractivity contribution in [1.82, 2.24) is 20.2 Å². The molecule has 0 unspecified atom stereocenters. The Kier molecular flexibility index (Phi) is 10.4. The number of aromatic nitrogens is 2. The van der Waals surface area contributed by atoms with E-state index < -0.39 is 0 Å². The lowest BCUT2D eigenvalue weighted by Crippen LogP contribution is -2.44. The number of piperazine rings is 1. The standard InChI is InChI=1S/C26H36N8O2/c1-4-22(36-18-5-7-25(35)28-12-6-13-29-32-27)10-8-20(2)26-30-23-11-9-21(19-24(23)31-26)34-16-14-33(3)15-17-34/h4,8-11,19H,2,5-7,12-18H2,1,3H3,(H,28,35)(H,30,31)/b10-8-,22-4+. The number of imidazole rings is 1. The fourth-order valence-corrected chi connectivity index (χ4v) is 3.83. The van der Waals surface area contributed by atoms with E-state index in [0.717, 1.165) is 48.6 Å². The summed E-state index contributed by atoms with van der Waals surface area (Å²) in [6, 6.07) is 6.34. The van der Waals surface area contributed by atoms with E-state index >= 15 is 0 Å². The molecule has 1 aliphatic heterocycles. The third-order valence-electron chi connectivity index (χ3n) is 6.01. The first kappa shape index (κ1) is 26.8. The van der Waals surface area contributed by atoms with E-state index in [1.54, 1.807) is 0 Å². The number of fused-ring (bicyclic) bond motifs is 1. The largest absolute Gasteiger partial charge is 0.494 e. The third-order valence-corrected chi connectivity index (χ3v) is 6.01. The molecule has 1 amide bonds. The number of hydrogen-bond acceptors (Lipinski definition) is 6. The SMILES string of the molecule is C=C(/C=C\C(=C/C)OCCCC(=O)NCCCN=[N+]=[N-])c1nc2ccc(N3CCN(C)CC3)cc2[nH]1. The smallest absolute Gasteiger partial charge is 0.220 e. The van der Waals surface area contributed by atoms with E-state index in [1.165, 1.54) is 5.69 Å². The molecule has 36 heavy (non-hydrogen) atoms. The van der Waals surface area contributed by atoms with E-state index in [2.05, 4.69) is 66.9 Å². The van der Waals surface area contributed by atoms with Gasteiger partial charge in [-0.25, -0.2) is 4.98 Å². The quantitative estimate of drug-likeness (QED) is 0.107. The Hall–Kier alpha value is -3.75. The minimum absolute atomic E-state index is 0.0360. The number of H-pyrrole nitrogens is 1. The van der Waals surface area contributed by atoms with Crippen LogP contribution in [0, 0.1) is 0 Å². The second kappa shape index (κ2) is 14.0. The number of nitrogens with zero attached hydrogens (tertiary/aromatic N) is 6. The molecule has 2 aromatic rings. The van der Waals surface area contributed by atoms with Crippen LogP contribution >= 0.6 is 0 Å². The average Bonchev–Trinajstić information content (AvgIpc) is 3.32. The molecular weight excluding hydrogens is 456 g/mol. The molecule has 192 valence electrons. The number of amides is 1. The highest BCUT2D eigenvalue weighted by molar-refractivity contribution is 5.83. The molecule has 0 radical (unpaired) electrons. The van der Waals surface area contributed by atoms with Gasteiger partial charge in [0.15, 0.2) is 0 Å². The van der Waals surface area contributed by atoms with E-state index in [0.29, 0.717) is 44.7 Å². The number of allylic oxidation sites excluding steroid dienone is 4. The predicted molar refractivity (Wildman–Crippen MR) is 145 cm³/mol. The van der Waals surface area contributed by atoms with Crippen molar-refractivity contribution >= 4 is 28.2 Å². The van der Waals surface area contributed by atoms with E-state index in [-0.39, 0.29) is 5.91 Å². The summed E-state index contributed by atoms with van der Waals surface area (Å²) in [7, 11) is 2.16. The summed E-state index contributed by atoms with van der Waals surface area (Å²) in [5.41, 5.74) is 12.1. The minimum Gasteiger partial charge on any atom is -0.494 e. The molecule has 1 aliphatic rings. The van der Waals surface area contributed by atoms with Gasteiger partial charge in [0.25, 0.3) is 0 Å². The Morgan fingerprint density at radius 1 is 1.31 bits per heavy atom. The molecule has 2 N–H and O–H groups in total. The topological polar surface area (TPSA) is 122 Å². The number of carbonyl (C=O) groups excluding carboxylic acids is 1. The molecule has 1 fully saturated rings. The van der Waals surface area contributed by atoms with Crippen molar-refractivity contribution in [3.63, 3.8) is 0 Å². The highest BCUT2D eigenvalue weighted by Gasteiger charge is 2.15. The number of carbonyl (C=O) groups is 1. The number of aromatic amines is 1. The van der Waals surface area contributed by atoms with Gasteiger partial charge in [0.1, 0.15) is 11.6 Å². The van der Waals surface area contributed by atoms with Crippen LogP contribution in [0.3, 0.4) is 0 Å². The lowest BCUT2D eigenvalue weighted by molar-refractivity contribution is -0.121. The van der Waals surface area contributed by atoms with Crippen molar-refractivity contribution in [3.05, 3.63) is 65.0 Å². The first-order chi connectivity index (χ1) is 17.5. The Bertz CT molecular complexity index is 1140. The first-order valence-electron chi connectivity index (χ1n) is 12.4.